The van der Waals surface area contributed by atoms with Crippen LogP contribution in [0.2, 0.25) is 0 Å². The zero-order valence-electron chi connectivity index (χ0n) is 5.78. The fourth-order valence-electron chi connectivity index (χ4n) is 0.712. The van der Waals surface area contributed by atoms with Crippen molar-refractivity contribution >= 4 is 42.7 Å². The summed E-state index contributed by atoms with van der Waals surface area (Å²) in [5.74, 6) is 0. The second-order valence-corrected chi connectivity index (χ2v) is 8.48. The van der Waals surface area contributed by atoms with Gasteiger partial charge in [0.1, 0.15) is 0 Å². The van der Waals surface area contributed by atoms with Crippen LogP contribution in [0.5, 0.6) is 0 Å². The summed E-state index contributed by atoms with van der Waals surface area (Å²) in [5.41, 5.74) is 0.0353. The first kappa shape index (κ1) is 9.84. The first-order valence-corrected chi connectivity index (χ1v) is 8.84. The number of hydrogen-bond donors (Lipinski definition) is 0. The van der Waals surface area contributed by atoms with Crippen LogP contribution in [0.3, 0.4) is 0 Å². The van der Waals surface area contributed by atoms with Crippen molar-refractivity contribution in [3.05, 3.63) is 34.4 Å². The van der Waals surface area contributed by atoms with E-state index < -0.39 is 17.7 Å². The van der Waals surface area contributed by atoms with Gasteiger partial charge in [0.15, 0.2) is 0 Å². The van der Waals surface area contributed by atoms with Crippen LogP contribution < -0.4 is 4.35 Å². The van der Waals surface area contributed by atoms with E-state index in [-0.39, 0.29) is 5.69 Å². The van der Waals surface area contributed by atoms with Gasteiger partial charge in [-0.05, 0) is 0 Å². The number of nitro benzene ring substituents is 1. The number of nitrogens with zero attached hydrogens (tertiary/aromatic N) is 1. The summed E-state index contributed by atoms with van der Waals surface area (Å²) in [7, 11) is 11.3. The first-order valence-electron chi connectivity index (χ1n) is 2.97. The van der Waals surface area contributed by atoms with Crippen molar-refractivity contribution in [1.29, 1.82) is 0 Å². The average Bonchev–Trinajstić information content (AvgIpc) is 2.04. The summed E-state index contributed by atoms with van der Waals surface area (Å²) in [5, 5.41) is 10.3. The van der Waals surface area contributed by atoms with E-state index in [1.54, 1.807) is 12.1 Å². The molecule has 0 spiro atoms. The second-order valence-electron chi connectivity index (χ2n) is 2.01. The number of non-ortho nitro benzene ring substituents is 1. The van der Waals surface area contributed by atoms with Gasteiger partial charge < -0.3 is 0 Å². The van der Waals surface area contributed by atoms with E-state index in [9.17, 15) is 10.1 Å². The summed E-state index contributed by atoms with van der Waals surface area (Å²) in [6.07, 6.45) is 0. The molecule has 0 amide bonds. The number of hydrogen-bond acceptors (Lipinski definition) is 2. The zero-order chi connectivity index (χ0) is 9.14. The Morgan fingerprint density at radius 3 is 2.58 bits per heavy atom. The molecule has 0 atom stereocenters. The van der Waals surface area contributed by atoms with Crippen LogP contribution in [0.4, 0.5) is 5.69 Å². The summed E-state index contributed by atoms with van der Waals surface area (Å²) in [6.45, 7) is 0. The minimum absolute atomic E-state index is 0.0353. The van der Waals surface area contributed by atoms with Crippen LogP contribution in [0.1, 0.15) is 0 Å². The molecule has 6 heteroatoms. The first-order chi connectivity index (χ1) is 5.61. The normalized spacial score (nSPS) is 10.2. The van der Waals surface area contributed by atoms with Crippen molar-refractivity contribution in [3.8, 4) is 0 Å². The fraction of sp³-hybridized carbons (Fsp3) is 0. The molecule has 1 aromatic rings. The molecule has 0 aliphatic carbocycles. The molecule has 12 heavy (non-hydrogen) atoms. The summed E-state index contributed by atoms with van der Waals surface area (Å²) in [6, 6.07) is 6.11. The molecule has 0 unspecified atom stereocenters. The number of nitro groups is 1. The van der Waals surface area contributed by atoms with Gasteiger partial charge in [0.2, 0.25) is 0 Å². The van der Waals surface area contributed by atoms with Crippen LogP contribution in [0.25, 0.3) is 0 Å². The standard InChI is InChI=1S/C6H4AsCl2NO2/c8-7(9)5-2-1-3-6(4-5)10(11)12/h1-4H. The third-order valence-electron chi connectivity index (χ3n) is 1.24. The Balaban J connectivity index is 3.04. The average molecular weight is 268 g/mol. The van der Waals surface area contributed by atoms with Crippen LogP contribution in [-0.2, 0) is 0 Å². The topological polar surface area (TPSA) is 43.1 Å². The number of benzene rings is 1. The molecule has 0 aliphatic rings. The maximum absolute atomic E-state index is 10.3. The van der Waals surface area contributed by atoms with E-state index in [0.717, 1.165) is 0 Å². The Kier molecular flexibility index (Phi) is 3.38. The summed E-state index contributed by atoms with van der Waals surface area (Å²) >= 11 is -2.02. The maximum atomic E-state index is 10.3. The van der Waals surface area contributed by atoms with Crippen molar-refractivity contribution in [2.75, 3.05) is 0 Å². The van der Waals surface area contributed by atoms with Gasteiger partial charge in [-0.2, -0.15) is 0 Å². The molecular weight excluding hydrogens is 264 g/mol. The van der Waals surface area contributed by atoms with Crippen molar-refractivity contribution in [2.45, 2.75) is 0 Å². The van der Waals surface area contributed by atoms with Crippen molar-refractivity contribution in [3.63, 3.8) is 0 Å². The molecule has 0 radical (unpaired) electrons. The molecule has 0 saturated carbocycles. The second kappa shape index (κ2) is 4.13. The molecule has 1 aromatic carbocycles. The number of halogens is 2. The van der Waals surface area contributed by atoms with Gasteiger partial charge in [0.25, 0.3) is 0 Å². The third-order valence-corrected chi connectivity index (χ3v) is 4.67. The van der Waals surface area contributed by atoms with Crippen molar-refractivity contribution in [1.82, 2.24) is 0 Å². The molecule has 64 valence electrons. The molecule has 0 fully saturated rings. The van der Waals surface area contributed by atoms with Crippen LogP contribution >= 0.6 is 19.9 Å². The molecule has 3 nitrogen and oxygen atoms in total. The van der Waals surface area contributed by atoms with Gasteiger partial charge in [-0.3, -0.25) is 0 Å². The Morgan fingerprint density at radius 1 is 1.42 bits per heavy atom. The van der Waals surface area contributed by atoms with Crippen molar-refractivity contribution < 1.29 is 4.92 Å². The monoisotopic (exact) mass is 267 g/mol. The van der Waals surface area contributed by atoms with E-state index >= 15 is 0 Å². The molecule has 0 heterocycles. The van der Waals surface area contributed by atoms with Crippen LogP contribution in [0.15, 0.2) is 24.3 Å². The molecule has 0 N–H and O–H groups in total. The Hall–Kier alpha value is -0.242. The summed E-state index contributed by atoms with van der Waals surface area (Å²) in [4.78, 5) is 9.85. The molecule has 0 bridgehead atoms. The van der Waals surface area contributed by atoms with E-state index in [1.165, 1.54) is 12.1 Å². The van der Waals surface area contributed by atoms with Crippen LogP contribution in [-0.4, -0.2) is 17.7 Å². The van der Waals surface area contributed by atoms with Crippen molar-refractivity contribution in [2.24, 2.45) is 0 Å². The van der Waals surface area contributed by atoms with Gasteiger partial charge >= 0.3 is 82.0 Å². The SMILES string of the molecule is O=[N+]([O-])c1cccc([As](Cl)Cl)c1. The van der Waals surface area contributed by atoms with Gasteiger partial charge in [0.05, 0.1) is 0 Å². The predicted octanol–water partition coefficient (Wildman–Crippen LogP) is 1.77. The third kappa shape index (κ3) is 2.37. The van der Waals surface area contributed by atoms with Gasteiger partial charge in [-0.25, -0.2) is 0 Å². The Bertz CT molecular complexity index is 305. The number of rotatable bonds is 2. The van der Waals surface area contributed by atoms with E-state index in [2.05, 4.69) is 0 Å². The molecule has 0 saturated heterocycles. The molecule has 1 rings (SSSR count). The van der Waals surface area contributed by atoms with Crippen LogP contribution in [0, 0.1) is 10.1 Å². The summed E-state index contributed by atoms with van der Waals surface area (Å²) < 4.78 is 0.681. The minimum atomic E-state index is -2.02. The zero-order valence-corrected chi connectivity index (χ0v) is 9.16. The van der Waals surface area contributed by atoms with E-state index in [4.69, 9.17) is 19.9 Å². The fourth-order valence-corrected chi connectivity index (χ4v) is 2.70. The Labute approximate surface area is 82.0 Å². The molecule has 0 aliphatic heterocycles. The predicted molar refractivity (Wildman–Crippen MR) is 50.2 cm³/mol. The van der Waals surface area contributed by atoms with Gasteiger partial charge in [0, 0.05) is 0 Å². The molecule has 0 aromatic heterocycles. The quantitative estimate of drug-likeness (QED) is 0.466. The van der Waals surface area contributed by atoms with E-state index in [1.807, 2.05) is 0 Å². The van der Waals surface area contributed by atoms with Gasteiger partial charge in [-0.1, -0.05) is 0 Å². The Morgan fingerprint density at radius 2 is 2.08 bits per heavy atom. The van der Waals surface area contributed by atoms with E-state index in [0.29, 0.717) is 4.35 Å². The van der Waals surface area contributed by atoms with Gasteiger partial charge in [-0.15, -0.1) is 0 Å². The molecular formula is C6H4AsCl2NO2.